The summed E-state index contributed by atoms with van der Waals surface area (Å²) in [5.74, 6) is 2.03. The quantitative estimate of drug-likeness (QED) is 0.141. The number of nitrogens with zero attached hydrogens (tertiary/aromatic N) is 4. The minimum atomic E-state index is 0.562. The molecule has 0 unspecified atom stereocenters. The van der Waals surface area contributed by atoms with Crippen molar-refractivity contribution < 1.29 is 0 Å². The molecule has 0 atom stereocenters. The van der Waals surface area contributed by atoms with Gasteiger partial charge in [0.05, 0.1) is 0 Å². The molecular formula is C41H32N4S2. The summed E-state index contributed by atoms with van der Waals surface area (Å²) in [5, 5.41) is 4.28. The van der Waals surface area contributed by atoms with Crippen LogP contribution in [0.25, 0.3) is 33.0 Å². The summed E-state index contributed by atoms with van der Waals surface area (Å²) in [7, 11) is 0. The highest BCUT2D eigenvalue weighted by molar-refractivity contribution is 7.14. The molecule has 3 heterocycles. The molecule has 7 aromatic rings. The van der Waals surface area contributed by atoms with Gasteiger partial charge in [-0.2, -0.15) is 9.97 Å². The third-order valence-corrected chi connectivity index (χ3v) is 9.88. The fourth-order valence-electron chi connectivity index (χ4n) is 5.62. The zero-order valence-corrected chi connectivity index (χ0v) is 27.4. The van der Waals surface area contributed by atoms with Gasteiger partial charge in [0, 0.05) is 34.0 Å². The predicted molar refractivity (Wildman–Crippen MR) is 200 cm³/mol. The summed E-state index contributed by atoms with van der Waals surface area (Å²) >= 11 is 3.45. The van der Waals surface area contributed by atoms with Gasteiger partial charge in [0.1, 0.15) is 11.6 Å². The number of rotatable bonds is 11. The molecule has 6 heteroatoms. The Bertz CT molecular complexity index is 2000. The van der Waals surface area contributed by atoms with Gasteiger partial charge in [0.15, 0.2) is 0 Å². The van der Waals surface area contributed by atoms with Gasteiger partial charge in [-0.05, 0) is 80.5 Å². The van der Waals surface area contributed by atoms with Crippen molar-refractivity contribution >= 4 is 52.1 Å². The third kappa shape index (κ3) is 6.75. The Labute approximate surface area is 283 Å². The summed E-state index contributed by atoms with van der Waals surface area (Å²) in [6, 6.07) is 41.9. The number of thiophene rings is 2. The molecule has 0 fully saturated rings. The third-order valence-electron chi connectivity index (χ3n) is 7.92. The Balaban J connectivity index is 1.35. The molecule has 4 aromatic carbocycles. The molecule has 3 aromatic heterocycles. The lowest BCUT2D eigenvalue weighted by atomic mass is 10.0. The van der Waals surface area contributed by atoms with Crippen molar-refractivity contribution in [1.82, 2.24) is 15.0 Å². The average Bonchev–Trinajstić information content (AvgIpc) is 3.80. The van der Waals surface area contributed by atoms with E-state index in [2.05, 4.69) is 114 Å². The van der Waals surface area contributed by atoms with E-state index in [-0.39, 0.29) is 0 Å². The maximum atomic E-state index is 5.16. The van der Waals surface area contributed by atoms with Crippen LogP contribution in [-0.2, 0) is 12.8 Å². The molecular weight excluding hydrogens is 613 g/mol. The van der Waals surface area contributed by atoms with E-state index in [9.17, 15) is 0 Å². The smallest absolute Gasteiger partial charge is 0.238 e. The number of aromatic nitrogens is 3. The Morgan fingerprint density at radius 3 is 1.38 bits per heavy atom. The summed E-state index contributed by atoms with van der Waals surface area (Å²) in [4.78, 5) is 19.9. The van der Waals surface area contributed by atoms with Crippen LogP contribution >= 0.6 is 22.7 Å². The lowest BCUT2D eigenvalue weighted by molar-refractivity contribution is 0.843. The lowest BCUT2D eigenvalue weighted by Crippen LogP contribution is -2.17. The first kappa shape index (κ1) is 30.2. The van der Waals surface area contributed by atoms with Crippen LogP contribution in [0.4, 0.5) is 17.3 Å². The normalized spacial score (nSPS) is 10.9. The summed E-state index contributed by atoms with van der Waals surface area (Å²) < 4.78 is 0. The van der Waals surface area contributed by atoms with E-state index in [1.54, 1.807) is 22.7 Å². The monoisotopic (exact) mass is 644 g/mol. The van der Waals surface area contributed by atoms with Crippen molar-refractivity contribution in [3.05, 3.63) is 179 Å². The van der Waals surface area contributed by atoms with Gasteiger partial charge >= 0.3 is 0 Å². The van der Waals surface area contributed by atoms with Crippen LogP contribution in [0.1, 0.15) is 33.9 Å². The molecule has 0 aliphatic rings. The number of benzene rings is 4. The van der Waals surface area contributed by atoms with Gasteiger partial charge in [-0.1, -0.05) is 110 Å². The Morgan fingerprint density at radius 1 is 0.532 bits per heavy atom. The Morgan fingerprint density at radius 2 is 0.957 bits per heavy atom. The van der Waals surface area contributed by atoms with E-state index in [1.165, 1.54) is 20.9 Å². The predicted octanol–water partition coefficient (Wildman–Crippen LogP) is 11.3. The fourth-order valence-corrected chi connectivity index (χ4v) is 7.53. The molecule has 0 radical (unpaired) electrons. The van der Waals surface area contributed by atoms with Crippen molar-refractivity contribution in [2.45, 2.75) is 12.8 Å². The highest BCUT2D eigenvalue weighted by Crippen LogP contribution is 2.35. The maximum Gasteiger partial charge on any atom is 0.238 e. The number of hydrogen-bond donors (Lipinski definition) is 0. The van der Waals surface area contributed by atoms with Crippen molar-refractivity contribution in [2.75, 3.05) is 4.90 Å². The van der Waals surface area contributed by atoms with E-state index >= 15 is 0 Å². The molecule has 228 valence electrons. The molecule has 0 amide bonds. The van der Waals surface area contributed by atoms with Gasteiger partial charge in [-0.15, -0.1) is 22.7 Å². The van der Waals surface area contributed by atoms with Crippen molar-refractivity contribution in [3.8, 4) is 20.9 Å². The summed E-state index contributed by atoms with van der Waals surface area (Å²) in [6.07, 6.45) is 4.90. The van der Waals surface area contributed by atoms with Crippen LogP contribution in [0, 0.1) is 0 Å². The maximum absolute atomic E-state index is 5.16. The lowest BCUT2D eigenvalue weighted by Gasteiger charge is -2.24. The molecule has 4 nitrogen and oxygen atoms in total. The average molecular weight is 645 g/mol. The molecule has 0 N–H and O–H groups in total. The number of para-hydroxylation sites is 2. The largest absolute Gasteiger partial charge is 0.279 e. The Hall–Kier alpha value is -5.43. The molecule has 0 saturated heterocycles. The van der Waals surface area contributed by atoms with Gasteiger partial charge in [0.25, 0.3) is 0 Å². The second kappa shape index (κ2) is 13.9. The van der Waals surface area contributed by atoms with Crippen LogP contribution < -0.4 is 4.90 Å². The topological polar surface area (TPSA) is 41.9 Å². The van der Waals surface area contributed by atoms with Crippen molar-refractivity contribution in [2.24, 2.45) is 0 Å². The fraction of sp³-hybridized carbons (Fsp3) is 0.0488. The summed E-state index contributed by atoms with van der Waals surface area (Å²) in [6.45, 7) is 7.90. The molecule has 7 rings (SSSR count). The van der Waals surface area contributed by atoms with Crippen LogP contribution in [0.3, 0.4) is 0 Å². The molecule has 0 aliphatic carbocycles. The Kier molecular flexibility index (Phi) is 8.95. The summed E-state index contributed by atoms with van der Waals surface area (Å²) in [5.41, 5.74) is 8.88. The van der Waals surface area contributed by atoms with Gasteiger partial charge in [-0.25, -0.2) is 4.98 Å². The van der Waals surface area contributed by atoms with E-state index in [0.717, 1.165) is 45.3 Å². The first-order valence-corrected chi connectivity index (χ1v) is 17.2. The molecule has 0 spiro atoms. The zero-order valence-electron chi connectivity index (χ0n) is 25.8. The SMILES string of the molecule is C=Cc1csc(-c2ccccc2Cc2nc(Cc3ccccc3-c3cc(C=C)cs3)nc(N(c3ccccc3)c3ccccc3)n2)c1. The van der Waals surface area contributed by atoms with Gasteiger partial charge in [-0.3, -0.25) is 4.90 Å². The van der Waals surface area contributed by atoms with E-state index in [4.69, 9.17) is 15.0 Å². The first-order valence-electron chi connectivity index (χ1n) is 15.4. The van der Waals surface area contributed by atoms with Crippen LogP contribution in [0.5, 0.6) is 0 Å². The molecule has 47 heavy (non-hydrogen) atoms. The highest BCUT2D eigenvalue weighted by atomic mass is 32.1. The van der Waals surface area contributed by atoms with E-state index < -0.39 is 0 Å². The van der Waals surface area contributed by atoms with Crippen LogP contribution in [0.2, 0.25) is 0 Å². The van der Waals surface area contributed by atoms with Crippen LogP contribution in [-0.4, -0.2) is 15.0 Å². The van der Waals surface area contributed by atoms with Crippen molar-refractivity contribution in [1.29, 1.82) is 0 Å². The van der Waals surface area contributed by atoms with Crippen LogP contribution in [0.15, 0.2) is 145 Å². The number of hydrogen-bond acceptors (Lipinski definition) is 6. The highest BCUT2D eigenvalue weighted by Gasteiger charge is 2.20. The van der Waals surface area contributed by atoms with Gasteiger partial charge < -0.3 is 0 Å². The minimum Gasteiger partial charge on any atom is -0.279 e. The van der Waals surface area contributed by atoms with E-state index in [1.807, 2.05) is 48.6 Å². The first-order chi connectivity index (χ1) is 23.2. The van der Waals surface area contributed by atoms with Gasteiger partial charge in [0.2, 0.25) is 5.95 Å². The molecule has 0 aliphatic heterocycles. The van der Waals surface area contributed by atoms with E-state index in [0.29, 0.717) is 18.8 Å². The standard InChI is InChI=1S/C41H32N4S2/c1-3-29-23-37(46-27-29)35-21-13-11-15-31(35)25-39-42-40(26-32-16-12-14-22-36(32)38-24-30(4-2)28-47-38)44-41(43-39)45(33-17-7-5-8-18-33)34-19-9-6-10-20-34/h3-24,27-28H,1-2,25-26H2. The second-order valence-electron chi connectivity index (χ2n) is 11.0. The molecule has 0 saturated carbocycles. The van der Waals surface area contributed by atoms with Crippen molar-refractivity contribution in [3.63, 3.8) is 0 Å². The zero-order chi connectivity index (χ0) is 32.0. The second-order valence-corrected chi connectivity index (χ2v) is 12.9. The number of anilines is 3. The minimum absolute atomic E-state index is 0.562. The molecule has 0 bridgehead atoms.